The molecule has 8 heteroatoms. The van der Waals surface area contributed by atoms with Crippen LogP contribution in [0.5, 0.6) is 12.0 Å². The van der Waals surface area contributed by atoms with Gasteiger partial charge in [0.15, 0.2) is 0 Å². The lowest BCUT2D eigenvalue weighted by Crippen LogP contribution is -2.15. The molecular weight excluding hydrogens is 277 g/mol. The van der Waals surface area contributed by atoms with Crippen molar-refractivity contribution in [2.24, 2.45) is 5.84 Å². The monoisotopic (exact) mass is 293 g/mol. The average molecular weight is 293 g/mol. The lowest BCUT2D eigenvalue weighted by Gasteiger charge is -2.10. The van der Waals surface area contributed by atoms with Crippen LogP contribution in [0.3, 0.4) is 0 Å². The molecule has 0 fully saturated rings. The van der Waals surface area contributed by atoms with Crippen molar-refractivity contribution in [2.75, 3.05) is 5.43 Å². The van der Waals surface area contributed by atoms with E-state index < -0.39 is 0 Å². The molecule has 3 N–H and O–H groups in total. The zero-order chi connectivity index (χ0) is 15.2. The Kier molecular flexibility index (Phi) is 4.83. The summed E-state index contributed by atoms with van der Waals surface area (Å²) in [4.78, 5) is 11.8. The maximum absolute atomic E-state index is 13.5. The van der Waals surface area contributed by atoms with Crippen LogP contribution in [0.25, 0.3) is 0 Å². The summed E-state index contributed by atoms with van der Waals surface area (Å²) in [5.41, 5.74) is 2.69. The quantitative estimate of drug-likeness (QED) is 0.617. The highest BCUT2D eigenvalue weighted by atomic mass is 19.1. The second kappa shape index (κ2) is 6.80. The van der Waals surface area contributed by atoms with Crippen LogP contribution in [0.4, 0.5) is 10.3 Å². The van der Waals surface area contributed by atoms with Gasteiger partial charge < -0.3 is 9.47 Å². The van der Waals surface area contributed by atoms with Crippen molar-refractivity contribution < 1.29 is 13.9 Å². The largest absolute Gasteiger partial charge is 0.461 e. The van der Waals surface area contributed by atoms with E-state index in [9.17, 15) is 4.39 Å². The minimum Gasteiger partial charge on any atom is -0.461 e. The van der Waals surface area contributed by atoms with Gasteiger partial charge in [0.2, 0.25) is 5.95 Å². The lowest BCUT2D eigenvalue weighted by atomic mass is 10.2. The summed E-state index contributed by atoms with van der Waals surface area (Å²) in [6, 6.07) is 6.37. The van der Waals surface area contributed by atoms with Crippen molar-refractivity contribution in [1.29, 1.82) is 0 Å². The average Bonchev–Trinajstić information content (AvgIpc) is 2.45. The van der Waals surface area contributed by atoms with Crippen LogP contribution >= 0.6 is 0 Å². The smallest absolute Gasteiger partial charge is 0.324 e. The van der Waals surface area contributed by atoms with Gasteiger partial charge >= 0.3 is 12.0 Å². The van der Waals surface area contributed by atoms with Gasteiger partial charge in [-0.1, -0.05) is 18.2 Å². The standard InChI is InChI=1S/C13H16FN5O2/c1-8(2)21-13-17-11(19-15)16-12(18-13)20-7-9-5-3-4-6-10(9)14/h3-6,8H,7,15H2,1-2H3,(H,16,17,18,19). The highest BCUT2D eigenvalue weighted by Gasteiger charge is 2.10. The molecule has 1 aromatic heterocycles. The Bertz CT molecular complexity index is 609. The number of aromatic nitrogens is 3. The molecule has 0 saturated carbocycles. The fraction of sp³-hybridized carbons (Fsp3) is 0.308. The van der Waals surface area contributed by atoms with Gasteiger partial charge in [-0.15, -0.1) is 4.98 Å². The topological polar surface area (TPSA) is 95.2 Å². The van der Waals surface area contributed by atoms with Crippen LogP contribution in [-0.4, -0.2) is 21.1 Å². The SMILES string of the molecule is CC(C)Oc1nc(NN)nc(OCc2ccccc2F)n1. The van der Waals surface area contributed by atoms with Crippen LogP contribution < -0.4 is 20.7 Å². The summed E-state index contributed by atoms with van der Waals surface area (Å²) < 4.78 is 24.2. The summed E-state index contributed by atoms with van der Waals surface area (Å²) >= 11 is 0. The molecule has 21 heavy (non-hydrogen) atoms. The van der Waals surface area contributed by atoms with Crippen molar-refractivity contribution in [3.8, 4) is 12.0 Å². The molecule has 0 radical (unpaired) electrons. The molecule has 2 aromatic rings. The minimum atomic E-state index is -0.359. The number of ether oxygens (including phenoxy) is 2. The fourth-order valence-corrected chi connectivity index (χ4v) is 1.49. The predicted molar refractivity (Wildman–Crippen MR) is 74.1 cm³/mol. The Morgan fingerprint density at radius 2 is 1.90 bits per heavy atom. The first kappa shape index (κ1) is 14.9. The van der Waals surface area contributed by atoms with E-state index in [4.69, 9.17) is 15.3 Å². The van der Waals surface area contributed by atoms with Crippen LogP contribution in [-0.2, 0) is 6.61 Å². The van der Waals surface area contributed by atoms with Crippen LogP contribution in [0.2, 0.25) is 0 Å². The van der Waals surface area contributed by atoms with Gasteiger partial charge in [-0.3, -0.25) is 5.43 Å². The number of nitrogen functional groups attached to an aromatic ring is 1. The van der Waals surface area contributed by atoms with Gasteiger partial charge in [-0.2, -0.15) is 9.97 Å². The van der Waals surface area contributed by atoms with E-state index in [0.29, 0.717) is 5.56 Å². The van der Waals surface area contributed by atoms with E-state index >= 15 is 0 Å². The van der Waals surface area contributed by atoms with Crippen LogP contribution in [0.1, 0.15) is 19.4 Å². The molecule has 0 atom stereocenters. The zero-order valence-electron chi connectivity index (χ0n) is 11.7. The van der Waals surface area contributed by atoms with Crippen molar-refractivity contribution in [1.82, 2.24) is 15.0 Å². The Morgan fingerprint density at radius 1 is 1.19 bits per heavy atom. The van der Waals surface area contributed by atoms with Gasteiger partial charge in [0.1, 0.15) is 12.4 Å². The molecule has 0 aliphatic heterocycles. The van der Waals surface area contributed by atoms with Gasteiger partial charge in [-0.05, 0) is 19.9 Å². The molecule has 0 spiro atoms. The van der Waals surface area contributed by atoms with Crippen molar-refractivity contribution in [3.63, 3.8) is 0 Å². The minimum absolute atomic E-state index is 0.00291. The highest BCUT2D eigenvalue weighted by molar-refractivity contribution is 5.25. The zero-order valence-corrected chi connectivity index (χ0v) is 11.7. The van der Waals surface area contributed by atoms with Crippen molar-refractivity contribution in [2.45, 2.75) is 26.6 Å². The Hall–Kier alpha value is -2.48. The van der Waals surface area contributed by atoms with Crippen molar-refractivity contribution >= 4 is 5.95 Å². The van der Waals surface area contributed by atoms with E-state index in [1.807, 2.05) is 13.8 Å². The summed E-state index contributed by atoms with van der Waals surface area (Å²) in [7, 11) is 0. The lowest BCUT2D eigenvalue weighted by molar-refractivity contribution is 0.211. The molecule has 112 valence electrons. The molecule has 1 heterocycles. The number of nitrogens with zero attached hydrogens (tertiary/aromatic N) is 3. The number of hydrazine groups is 1. The third-order valence-corrected chi connectivity index (χ3v) is 2.38. The molecular formula is C13H16FN5O2. The second-order valence-electron chi connectivity index (χ2n) is 4.42. The highest BCUT2D eigenvalue weighted by Crippen LogP contribution is 2.15. The number of hydrogen-bond donors (Lipinski definition) is 2. The number of benzene rings is 1. The van der Waals surface area contributed by atoms with E-state index in [1.54, 1.807) is 18.2 Å². The van der Waals surface area contributed by atoms with Gasteiger partial charge in [-0.25, -0.2) is 10.2 Å². The summed E-state index contributed by atoms with van der Waals surface area (Å²) in [6.07, 6.45) is -0.113. The van der Waals surface area contributed by atoms with Crippen molar-refractivity contribution in [3.05, 3.63) is 35.6 Å². The van der Waals surface area contributed by atoms with Crippen LogP contribution in [0, 0.1) is 5.82 Å². The number of nitrogens with one attached hydrogen (secondary N) is 1. The fourth-order valence-electron chi connectivity index (χ4n) is 1.49. The van der Waals surface area contributed by atoms with Crippen LogP contribution in [0.15, 0.2) is 24.3 Å². The maximum Gasteiger partial charge on any atom is 0.324 e. The number of nitrogens with two attached hydrogens (primary N) is 1. The van der Waals surface area contributed by atoms with E-state index in [0.717, 1.165) is 0 Å². The predicted octanol–water partition coefficient (Wildman–Crippen LogP) is 1.66. The molecule has 0 bridgehead atoms. The molecule has 0 aliphatic carbocycles. The Morgan fingerprint density at radius 3 is 2.57 bits per heavy atom. The summed E-state index contributed by atoms with van der Waals surface area (Å²) in [5.74, 6) is 5.02. The molecule has 2 rings (SSSR count). The van der Waals surface area contributed by atoms with Gasteiger partial charge in [0, 0.05) is 5.56 Å². The molecule has 0 unspecified atom stereocenters. The summed E-state index contributed by atoms with van der Waals surface area (Å²) in [5, 5.41) is 0. The third kappa shape index (κ3) is 4.25. The van der Waals surface area contributed by atoms with Gasteiger partial charge in [0.25, 0.3) is 0 Å². The van der Waals surface area contributed by atoms with E-state index in [1.165, 1.54) is 6.07 Å². The molecule has 0 amide bonds. The molecule has 1 aromatic carbocycles. The number of halogens is 1. The number of hydrogen-bond acceptors (Lipinski definition) is 7. The first-order valence-electron chi connectivity index (χ1n) is 6.34. The first-order chi connectivity index (χ1) is 10.1. The molecule has 7 nitrogen and oxygen atoms in total. The number of anilines is 1. The Balaban J connectivity index is 2.13. The Labute approximate surface area is 121 Å². The maximum atomic E-state index is 13.5. The first-order valence-corrected chi connectivity index (χ1v) is 6.34. The third-order valence-electron chi connectivity index (χ3n) is 2.38. The molecule has 0 saturated heterocycles. The van der Waals surface area contributed by atoms with E-state index in [-0.39, 0.29) is 36.5 Å². The molecule has 0 aliphatic rings. The van der Waals surface area contributed by atoms with E-state index in [2.05, 4.69) is 20.4 Å². The second-order valence-corrected chi connectivity index (χ2v) is 4.42. The number of rotatable bonds is 6. The summed E-state index contributed by atoms with van der Waals surface area (Å²) in [6.45, 7) is 3.65. The van der Waals surface area contributed by atoms with Gasteiger partial charge in [0.05, 0.1) is 6.10 Å². The normalized spacial score (nSPS) is 10.5.